The van der Waals surface area contributed by atoms with Gasteiger partial charge in [0.1, 0.15) is 11.8 Å². The summed E-state index contributed by atoms with van der Waals surface area (Å²) in [6, 6.07) is 10.8. The lowest BCUT2D eigenvalue weighted by Crippen LogP contribution is -3.14. The zero-order valence-corrected chi connectivity index (χ0v) is 23.4. The monoisotopic (exact) mass is 529 g/mol. The van der Waals surface area contributed by atoms with E-state index in [0.29, 0.717) is 35.0 Å². The number of hydrogen-bond acceptors (Lipinski definition) is 4. The molecule has 39 heavy (non-hydrogen) atoms. The third-order valence-corrected chi connectivity index (χ3v) is 8.74. The molecule has 0 spiro atoms. The zero-order valence-electron chi connectivity index (χ0n) is 23.4. The third kappa shape index (κ3) is 4.00. The van der Waals surface area contributed by atoms with E-state index >= 15 is 0 Å². The van der Waals surface area contributed by atoms with Crippen molar-refractivity contribution in [3.63, 3.8) is 0 Å². The maximum Gasteiger partial charge on any atom is 0.340 e. The predicted molar refractivity (Wildman–Crippen MR) is 152 cm³/mol. The van der Waals surface area contributed by atoms with Crippen molar-refractivity contribution in [2.45, 2.75) is 52.6 Å². The van der Waals surface area contributed by atoms with Gasteiger partial charge < -0.3 is 28.8 Å². The second kappa shape index (κ2) is 9.75. The van der Waals surface area contributed by atoms with Gasteiger partial charge in [-0.3, -0.25) is 4.79 Å². The number of esters is 1. The average molecular weight is 530 g/mol. The Morgan fingerprint density at radius 2 is 1.95 bits per heavy atom. The first-order valence-corrected chi connectivity index (χ1v) is 13.9. The number of methoxy groups -OCH3 is 1. The van der Waals surface area contributed by atoms with Gasteiger partial charge in [-0.15, -0.1) is 0 Å². The lowest BCUT2D eigenvalue weighted by Gasteiger charge is -2.36. The average Bonchev–Trinajstić information content (AvgIpc) is 3.38. The minimum atomic E-state index is -0.399. The smallest absolute Gasteiger partial charge is 0.340 e. The summed E-state index contributed by atoms with van der Waals surface area (Å²) in [6.07, 6.45) is 3.31. The fourth-order valence-corrected chi connectivity index (χ4v) is 6.89. The maximum absolute atomic E-state index is 13.7. The Morgan fingerprint density at radius 1 is 1.15 bits per heavy atom. The van der Waals surface area contributed by atoms with E-state index in [1.165, 1.54) is 32.6 Å². The molecule has 3 heterocycles. The van der Waals surface area contributed by atoms with Gasteiger partial charge in [0.25, 0.3) is 5.91 Å². The third-order valence-electron chi connectivity index (χ3n) is 8.74. The number of nitrogens with zero attached hydrogens (tertiary/aromatic N) is 2. The van der Waals surface area contributed by atoms with Crippen LogP contribution in [-0.4, -0.2) is 47.8 Å². The topological polar surface area (TPSA) is 78.9 Å². The summed E-state index contributed by atoms with van der Waals surface area (Å²) in [7, 11) is 3.49. The molecule has 2 aliphatic rings. The number of fused-ring (bicyclic) bond motifs is 4. The number of rotatable bonds is 6. The summed E-state index contributed by atoms with van der Waals surface area (Å²) in [5, 5.41) is 5.19. The molecule has 2 aromatic heterocycles. The number of ether oxygens (including phenoxy) is 2. The summed E-state index contributed by atoms with van der Waals surface area (Å²) in [4.78, 5) is 27.9. The van der Waals surface area contributed by atoms with Crippen LogP contribution in [0.15, 0.2) is 30.3 Å². The van der Waals surface area contributed by atoms with Gasteiger partial charge in [0, 0.05) is 35.5 Å². The number of carbonyl (C=O) groups is 2. The van der Waals surface area contributed by atoms with E-state index in [0.717, 1.165) is 43.6 Å². The lowest BCUT2D eigenvalue weighted by molar-refractivity contribution is -0.929. The van der Waals surface area contributed by atoms with Crippen molar-refractivity contribution in [3.05, 3.63) is 58.4 Å². The molecular weight excluding hydrogens is 492 g/mol. The van der Waals surface area contributed by atoms with Crippen LogP contribution in [0.4, 0.5) is 5.69 Å². The van der Waals surface area contributed by atoms with Gasteiger partial charge in [-0.2, -0.15) is 0 Å². The fraction of sp³-hybridized carbons (Fsp3) is 0.419. The minimum Gasteiger partial charge on any atom is -0.495 e. The van der Waals surface area contributed by atoms with Crippen molar-refractivity contribution >= 4 is 39.4 Å². The fourth-order valence-electron chi connectivity index (χ4n) is 6.89. The van der Waals surface area contributed by atoms with Crippen molar-refractivity contribution in [2.24, 2.45) is 7.05 Å². The second-order valence-electron chi connectivity index (χ2n) is 10.9. The molecule has 2 N–H and O–H groups in total. The standard InChI is InChI=1S/C31H36N4O4/c1-6-39-31(37)27-19(3)33(4)23-12-13-25(38-5)29(28(23)27)32-26(36)17-34-14-15-35-22-11-10-18(2)16-21(22)20-8-7-9-24(34)30(20)35/h10-13,16,24H,6-9,14-15,17H2,1-5H3,(H,32,36)/p+1/t24-/m0/s1. The molecule has 4 aromatic rings. The Hall–Kier alpha value is -3.78. The number of aromatic nitrogens is 2. The Kier molecular flexibility index (Phi) is 6.38. The highest BCUT2D eigenvalue weighted by Gasteiger charge is 2.39. The van der Waals surface area contributed by atoms with Crippen LogP contribution in [0.3, 0.4) is 0 Å². The van der Waals surface area contributed by atoms with Crippen molar-refractivity contribution in [2.75, 3.05) is 32.1 Å². The Bertz CT molecular complexity index is 1630. The molecule has 6 rings (SSSR count). The Labute approximate surface area is 228 Å². The Morgan fingerprint density at radius 3 is 2.72 bits per heavy atom. The van der Waals surface area contributed by atoms with Crippen LogP contribution in [0, 0.1) is 13.8 Å². The summed E-state index contributed by atoms with van der Waals surface area (Å²) >= 11 is 0. The molecule has 1 aliphatic carbocycles. The van der Waals surface area contributed by atoms with Gasteiger partial charge in [-0.1, -0.05) is 11.6 Å². The molecule has 2 atom stereocenters. The van der Waals surface area contributed by atoms with E-state index in [-0.39, 0.29) is 12.5 Å². The molecule has 204 valence electrons. The number of aryl methyl sites for hydroxylation is 3. The summed E-state index contributed by atoms with van der Waals surface area (Å²) in [6.45, 7) is 8.26. The molecule has 0 fully saturated rings. The van der Waals surface area contributed by atoms with E-state index in [2.05, 4.69) is 35.0 Å². The second-order valence-corrected chi connectivity index (χ2v) is 10.9. The van der Waals surface area contributed by atoms with Crippen molar-refractivity contribution in [3.8, 4) is 5.75 Å². The molecule has 2 aromatic carbocycles. The zero-order chi connectivity index (χ0) is 27.4. The minimum absolute atomic E-state index is 0.0837. The van der Waals surface area contributed by atoms with Crippen LogP contribution in [0.2, 0.25) is 0 Å². The number of benzene rings is 2. The first kappa shape index (κ1) is 25.5. The number of hydrogen-bond donors (Lipinski definition) is 2. The van der Waals surface area contributed by atoms with Crippen LogP contribution in [0.5, 0.6) is 5.75 Å². The van der Waals surface area contributed by atoms with E-state index in [1.807, 2.05) is 30.7 Å². The summed E-state index contributed by atoms with van der Waals surface area (Å²) in [5.74, 6) is 0.0412. The first-order valence-electron chi connectivity index (χ1n) is 13.9. The van der Waals surface area contributed by atoms with E-state index in [1.54, 1.807) is 14.0 Å². The molecule has 8 heteroatoms. The quantitative estimate of drug-likeness (QED) is 0.372. The first-order chi connectivity index (χ1) is 18.8. The number of anilines is 1. The number of amides is 1. The number of carbonyl (C=O) groups excluding carboxylic acids is 2. The van der Waals surface area contributed by atoms with Gasteiger partial charge in [-0.25, -0.2) is 4.79 Å². The normalized spacial score (nSPS) is 18.3. The maximum atomic E-state index is 13.7. The van der Waals surface area contributed by atoms with E-state index in [4.69, 9.17) is 9.47 Å². The van der Waals surface area contributed by atoms with Crippen molar-refractivity contribution < 1.29 is 24.0 Å². The molecule has 1 aliphatic heterocycles. The highest BCUT2D eigenvalue weighted by molar-refractivity contribution is 6.14. The summed E-state index contributed by atoms with van der Waals surface area (Å²) < 4.78 is 15.5. The van der Waals surface area contributed by atoms with Crippen LogP contribution in [0.1, 0.15) is 58.7 Å². The van der Waals surface area contributed by atoms with E-state index < -0.39 is 5.97 Å². The highest BCUT2D eigenvalue weighted by Crippen LogP contribution is 2.39. The van der Waals surface area contributed by atoms with Gasteiger partial charge in [0.15, 0.2) is 6.54 Å². The van der Waals surface area contributed by atoms with Crippen LogP contribution in [-0.2, 0) is 29.5 Å². The number of nitrogens with one attached hydrogen (secondary N) is 2. The molecule has 0 radical (unpaired) electrons. The number of quaternary nitrogens is 1. The van der Waals surface area contributed by atoms with Crippen LogP contribution in [0.25, 0.3) is 21.8 Å². The highest BCUT2D eigenvalue weighted by atomic mass is 16.5. The summed E-state index contributed by atoms with van der Waals surface area (Å²) in [5.41, 5.74) is 8.10. The largest absolute Gasteiger partial charge is 0.495 e. The van der Waals surface area contributed by atoms with Gasteiger partial charge in [-0.05, 0) is 63.4 Å². The van der Waals surface area contributed by atoms with Crippen LogP contribution < -0.4 is 15.0 Å². The molecule has 1 amide bonds. The molecule has 0 saturated heterocycles. The van der Waals surface area contributed by atoms with Crippen molar-refractivity contribution in [1.29, 1.82) is 0 Å². The molecular formula is C31H37N4O4+. The predicted octanol–water partition coefficient (Wildman–Crippen LogP) is 3.85. The SMILES string of the molecule is CCOC(=O)c1c(C)n(C)c2ccc(OC)c(NC(=O)C[NH+]3CCn4c5c(c6cc(C)ccc64)CCC[C@@H]53)c12. The van der Waals surface area contributed by atoms with Crippen molar-refractivity contribution in [1.82, 2.24) is 9.13 Å². The molecule has 0 saturated carbocycles. The van der Waals surface area contributed by atoms with E-state index in [9.17, 15) is 9.59 Å². The molecule has 8 nitrogen and oxygen atoms in total. The lowest BCUT2D eigenvalue weighted by atomic mass is 9.89. The van der Waals surface area contributed by atoms with Gasteiger partial charge in [0.05, 0.1) is 49.3 Å². The molecule has 1 unspecified atom stereocenters. The molecule has 0 bridgehead atoms. The van der Waals surface area contributed by atoms with Crippen LogP contribution >= 0.6 is 0 Å². The van der Waals surface area contributed by atoms with Gasteiger partial charge >= 0.3 is 5.97 Å². The van der Waals surface area contributed by atoms with Gasteiger partial charge in [0.2, 0.25) is 0 Å². The Balaban J connectivity index is 1.34.